The first-order chi connectivity index (χ1) is 31.7. The van der Waals surface area contributed by atoms with E-state index in [2.05, 4.69) is 194 Å². The molecule has 1 aliphatic rings. The number of fused-ring (bicyclic) bond motifs is 12. The molecule has 0 saturated heterocycles. The van der Waals surface area contributed by atoms with E-state index in [4.69, 9.17) is 17.7 Å². The summed E-state index contributed by atoms with van der Waals surface area (Å²) in [4.78, 5) is 0. The number of benzene rings is 9. The maximum atomic E-state index is 7.14. The molecule has 0 radical (unpaired) electrons. The fraction of sp³-hybridized carbons (Fsp3) is 0.0333. The van der Waals surface area contributed by atoms with Gasteiger partial charge in [-0.15, -0.1) is 0 Å². The summed E-state index contributed by atoms with van der Waals surface area (Å²) >= 11 is 0. The Kier molecular flexibility index (Phi) is 7.48. The minimum atomic E-state index is 0.299. The molecule has 1 unspecified atom stereocenters. The number of allylic oxidation sites excluding steroid dienone is 1. The topological polar surface area (TPSA) is 52.6 Å². The molecule has 0 saturated carbocycles. The lowest BCUT2D eigenvalue weighted by Gasteiger charge is -2.17. The Balaban J connectivity index is 0.939. The van der Waals surface area contributed by atoms with Gasteiger partial charge in [-0.05, 0) is 88.3 Å². The molecule has 0 amide bonds. The molecule has 4 nitrogen and oxygen atoms in total. The van der Waals surface area contributed by atoms with Crippen LogP contribution in [-0.2, 0) is 6.42 Å². The zero-order valence-electron chi connectivity index (χ0n) is 34.5. The monoisotopic (exact) mass is 820 g/mol. The van der Waals surface area contributed by atoms with Crippen LogP contribution in [0.15, 0.2) is 212 Å². The van der Waals surface area contributed by atoms with Crippen LogP contribution in [0.1, 0.15) is 22.8 Å². The lowest BCUT2D eigenvalue weighted by atomic mass is 9.86. The zero-order chi connectivity index (χ0) is 41.9. The van der Waals surface area contributed by atoms with Gasteiger partial charge in [0.1, 0.15) is 44.8 Å². The van der Waals surface area contributed by atoms with Crippen molar-refractivity contribution in [1.82, 2.24) is 0 Å². The molecule has 13 aromatic rings. The van der Waals surface area contributed by atoms with Gasteiger partial charge in [-0.1, -0.05) is 152 Å². The molecule has 4 aromatic heterocycles. The van der Waals surface area contributed by atoms with Crippen LogP contribution in [0.3, 0.4) is 0 Å². The van der Waals surface area contributed by atoms with Crippen molar-refractivity contribution in [2.45, 2.75) is 12.3 Å². The van der Waals surface area contributed by atoms with Crippen molar-refractivity contribution in [2.75, 3.05) is 0 Å². The van der Waals surface area contributed by atoms with Gasteiger partial charge in [-0.2, -0.15) is 0 Å². The van der Waals surface area contributed by atoms with E-state index in [1.165, 1.54) is 16.7 Å². The third-order valence-electron chi connectivity index (χ3n) is 13.5. The molecule has 0 aliphatic heterocycles. The van der Waals surface area contributed by atoms with Crippen LogP contribution in [-0.4, -0.2) is 0 Å². The van der Waals surface area contributed by atoms with Crippen molar-refractivity contribution in [3.05, 3.63) is 211 Å². The summed E-state index contributed by atoms with van der Waals surface area (Å²) < 4.78 is 27.0. The smallest absolute Gasteiger partial charge is 0.147 e. The predicted molar refractivity (Wildman–Crippen MR) is 262 cm³/mol. The van der Waals surface area contributed by atoms with Crippen molar-refractivity contribution in [1.29, 1.82) is 0 Å². The van der Waals surface area contributed by atoms with Gasteiger partial charge >= 0.3 is 0 Å². The molecule has 0 fully saturated rings. The molecule has 4 heterocycles. The summed E-state index contributed by atoms with van der Waals surface area (Å²) in [5.74, 6) is 1.24. The molecule has 300 valence electrons. The maximum absolute atomic E-state index is 7.14. The van der Waals surface area contributed by atoms with Crippen LogP contribution in [0.4, 0.5) is 0 Å². The fourth-order valence-corrected chi connectivity index (χ4v) is 10.4. The molecule has 1 atom stereocenters. The van der Waals surface area contributed by atoms with Crippen molar-refractivity contribution in [3.8, 4) is 44.5 Å². The Labute approximate surface area is 366 Å². The summed E-state index contributed by atoms with van der Waals surface area (Å²) in [5, 5.41) is 7.52. The molecule has 0 spiro atoms. The SMILES string of the molecule is C1=CC(c2ccccc2)Cc2c1oc1ccc(-c3cccc4c3oc3c(-c5ccccc5)c5oc6c(-c7ccc8oc9ccc(-c%10ccccc%10)cc9c8c7)cccc6c5cc34)cc21. The van der Waals surface area contributed by atoms with E-state index in [0.717, 1.165) is 128 Å². The summed E-state index contributed by atoms with van der Waals surface area (Å²) in [5.41, 5.74) is 17.0. The molecule has 9 aromatic carbocycles. The van der Waals surface area contributed by atoms with Gasteiger partial charge in [0.25, 0.3) is 0 Å². The van der Waals surface area contributed by atoms with Gasteiger partial charge in [0.05, 0.1) is 5.56 Å². The second kappa shape index (κ2) is 13.6. The van der Waals surface area contributed by atoms with E-state index in [9.17, 15) is 0 Å². The van der Waals surface area contributed by atoms with E-state index in [1.54, 1.807) is 0 Å². The van der Waals surface area contributed by atoms with Crippen molar-refractivity contribution in [2.24, 2.45) is 0 Å². The summed E-state index contributed by atoms with van der Waals surface area (Å²) in [6.45, 7) is 0. The van der Waals surface area contributed by atoms with Crippen LogP contribution < -0.4 is 0 Å². The Bertz CT molecular complexity index is 4030. The first-order valence-electron chi connectivity index (χ1n) is 21.9. The van der Waals surface area contributed by atoms with Crippen LogP contribution in [0, 0.1) is 0 Å². The fourth-order valence-electron chi connectivity index (χ4n) is 10.4. The quantitative estimate of drug-likeness (QED) is 0.174. The molecule has 64 heavy (non-hydrogen) atoms. The predicted octanol–water partition coefficient (Wildman–Crippen LogP) is 17.2. The maximum Gasteiger partial charge on any atom is 0.147 e. The first-order valence-corrected chi connectivity index (χ1v) is 21.9. The third kappa shape index (κ3) is 5.29. The normalized spacial score (nSPS) is 14.0. The van der Waals surface area contributed by atoms with Crippen molar-refractivity contribution < 1.29 is 17.7 Å². The van der Waals surface area contributed by atoms with Gasteiger partial charge in [0, 0.05) is 60.3 Å². The molecular formula is C60H36O4. The number of hydrogen-bond acceptors (Lipinski definition) is 4. The Hall–Kier alpha value is -8.34. The van der Waals surface area contributed by atoms with Crippen LogP contribution in [0.25, 0.3) is 127 Å². The molecule has 4 heteroatoms. The second-order valence-corrected chi connectivity index (χ2v) is 17.1. The number of hydrogen-bond donors (Lipinski definition) is 0. The van der Waals surface area contributed by atoms with Gasteiger partial charge in [-0.25, -0.2) is 0 Å². The van der Waals surface area contributed by atoms with Gasteiger partial charge in [0.2, 0.25) is 0 Å². The van der Waals surface area contributed by atoms with Crippen LogP contribution in [0.5, 0.6) is 0 Å². The lowest BCUT2D eigenvalue weighted by molar-refractivity contribution is 0.591. The highest BCUT2D eigenvalue weighted by Gasteiger charge is 2.26. The minimum absolute atomic E-state index is 0.299. The van der Waals surface area contributed by atoms with Gasteiger partial charge < -0.3 is 17.7 Å². The Morgan fingerprint density at radius 1 is 0.344 bits per heavy atom. The van der Waals surface area contributed by atoms with E-state index in [1.807, 2.05) is 6.07 Å². The minimum Gasteiger partial charge on any atom is -0.456 e. The molecular weight excluding hydrogens is 785 g/mol. The zero-order valence-corrected chi connectivity index (χ0v) is 34.5. The van der Waals surface area contributed by atoms with E-state index in [0.29, 0.717) is 5.92 Å². The van der Waals surface area contributed by atoms with Crippen LogP contribution >= 0.6 is 0 Å². The number of rotatable bonds is 5. The molecule has 14 rings (SSSR count). The van der Waals surface area contributed by atoms with Crippen LogP contribution in [0.2, 0.25) is 0 Å². The second-order valence-electron chi connectivity index (χ2n) is 17.1. The Morgan fingerprint density at radius 2 is 0.875 bits per heavy atom. The van der Waals surface area contributed by atoms with E-state index >= 15 is 0 Å². The molecule has 1 aliphatic carbocycles. The molecule has 0 bridgehead atoms. The number of furan rings is 4. The standard InChI is InChI=1S/C60H36O4/c1-4-12-35(13-5-1)38-22-26-52-46(30-38)48-32-40(24-28-54(48)61-52)42-18-10-20-44-50-34-51-45-21-11-19-43(58(45)64-60(51)56(59(50)63-57(42)44)37-16-8-3-9-17-37)41-25-29-55-49(33-41)47-31-39(23-27-53(47)62-55)36-14-6-2-7-15-36/h1-30,32-34,39H,31H2. The molecule has 0 N–H and O–H groups in total. The van der Waals surface area contributed by atoms with E-state index < -0.39 is 0 Å². The summed E-state index contributed by atoms with van der Waals surface area (Å²) in [6.07, 6.45) is 5.30. The summed E-state index contributed by atoms with van der Waals surface area (Å²) in [6, 6.07) is 66.4. The Morgan fingerprint density at radius 3 is 1.50 bits per heavy atom. The van der Waals surface area contributed by atoms with Gasteiger partial charge in [0.15, 0.2) is 0 Å². The lowest BCUT2D eigenvalue weighted by Crippen LogP contribution is -2.04. The highest BCUT2D eigenvalue weighted by Crippen LogP contribution is 2.48. The van der Waals surface area contributed by atoms with Crippen molar-refractivity contribution in [3.63, 3.8) is 0 Å². The van der Waals surface area contributed by atoms with E-state index in [-0.39, 0.29) is 0 Å². The highest BCUT2D eigenvalue weighted by atomic mass is 16.3. The third-order valence-corrected chi connectivity index (χ3v) is 13.5. The first kappa shape index (κ1) is 35.3. The highest BCUT2D eigenvalue weighted by molar-refractivity contribution is 6.24. The van der Waals surface area contributed by atoms with Gasteiger partial charge in [-0.3, -0.25) is 0 Å². The average molecular weight is 821 g/mol. The average Bonchev–Trinajstić information content (AvgIpc) is 4.13. The largest absolute Gasteiger partial charge is 0.456 e. The number of para-hydroxylation sites is 2. The van der Waals surface area contributed by atoms with Crippen molar-refractivity contribution >= 4 is 82.9 Å². The summed E-state index contributed by atoms with van der Waals surface area (Å²) in [7, 11) is 0.